The van der Waals surface area contributed by atoms with Crippen molar-refractivity contribution >= 4 is 42.6 Å². The minimum Gasteiger partial charge on any atom is -0.220 e. The topological polar surface area (TPSA) is 30.7 Å². The number of hydrogen-bond donors (Lipinski definition) is 0. The van der Waals surface area contributed by atoms with Crippen LogP contribution in [0.1, 0.15) is 5.69 Å². The van der Waals surface area contributed by atoms with E-state index < -0.39 is 0 Å². The number of hydrogen-bond acceptors (Lipinski definition) is 2. The zero-order valence-corrected chi connectivity index (χ0v) is 12.5. The van der Waals surface area contributed by atoms with Gasteiger partial charge in [-0.2, -0.15) is 0 Å². The van der Waals surface area contributed by atoms with Crippen LogP contribution in [0, 0.1) is 0 Å². The van der Waals surface area contributed by atoms with E-state index in [1.807, 2.05) is 35.1 Å². The summed E-state index contributed by atoms with van der Waals surface area (Å²) in [6.07, 6.45) is 1.93. The van der Waals surface area contributed by atoms with Crippen molar-refractivity contribution in [3.8, 4) is 5.69 Å². The highest BCUT2D eigenvalue weighted by Gasteiger charge is 2.07. The average molecular weight is 367 g/mol. The van der Waals surface area contributed by atoms with E-state index in [2.05, 4.69) is 54.3 Å². The van der Waals surface area contributed by atoms with E-state index in [0.29, 0.717) is 5.33 Å². The number of benzene rings is 2. The first-order valence-corrected chi connectivity index (χ1v) is 7.36. The molecule has 2 aromatic carbocycles. The van der Waals surface area contributed by atoms with E-state index in [0.717, 1.165) is 21.2 Å². The summed E-state index contributed by atoms with van der Waals surface area (Å²) in [6, 6.07) is 12.3. The van der Waals surface area contributed by atoms with Gasteiger partial charge in [0.1, 0.15) is 0 Å². The van der Waals surface area contributed by atoms with E-state index in [9.17, 15) is 0 Å². The molecule has 3 nitrogen and oxygen atoms in total. The molecule has 0 atom stereocenters. The van der Waals surface area contributed by atoms with Crippen LogP contribution in [0.3, 0.4) is 0 Å². The SMILES string of the molecule is BrCc1cn(-c2ccc(Br)c3ccccc23)nn1. The molecule has 18 heavy (non-hydrogen) atoms. The zero-order valence-electron chi connectivity index (χ0n) is 9.35. The Morgan fingerprint density at radius 3 is 2.56 bits per heavy atom. The summed E-state index contributed by atoms with van der Waals surface area (Å²) in [5.74, 6) is 0. The van der Waals surface area contributed by atoms with Crippen LogP contribution < -0.4 is 0 Å². The molecule has 5 heteroatoms. The van der Waals surface area contributed by atoms with Crippen molar-refractivity contribution in [2.24, 2.45) is 0 Å². The van der Waals surface area contributed by atoms with Crippen molar-refractivity contribution in [2.45, 2.75) is 5.33 Å². The first-order chi connectivity index (χ1) is 8.79. The standard InChI is InChI=1S/C13H9Br2N3/c14-7-9-8-18(17-16-9)13-6-5-12(15)10-3-1-2-4-11(10)13/h1-6,8H,7H2. The van der Waals surface area contributed by atoms with Crippen molar-refractivity contribution in [2.75, 3.05) is 0 Å². The number of halogens is 2. The van der Waals surface area contributed by atoms with Crippen molar-refractivity contribution in [1.29, 1.82) is 0 Å². The molecule has 0 saturated heterocycles. The first-order valence-electron chi connectivity index (χ1n) is 5.44. The summed E-state index contributed by atoms with van der Waals surface area (Å²) in [5.41, 5.74) is 1.95. The molecule has 0 unspecified atom stereocenters. The summed E-state index contributed by atoms with van der Waals surface area (Å²) >= 11 is 6.95. The van der Waals surface area contributed by atoms with E-state index in [-0.39, 0.29) is 0 Å². The van der Waals surface area contributed by atoms with Gasteiger partial charge in [-0.1, -0.05) is 61.3 Å². The monoisotopic (exact) mass is 365 g/mol. The highest BCUT2D eigenvalue weighted by molar-refractivity contribution is 9.10. The normalized spacial score (nSPS) is 11.0. The molecular weight excluding hydrogens is 358 g/mol. The van der Waals surface area contributed by atoms with E-state index in [1.54, 1.807) is 0 Å². The predicted octanol–water partition coefficient (Wildman–Crippen LogP) is 4.08. The third-order valence-electron chi connectivity index (χ3n) is 2.77. The molecule has 0 saturated carbocycles. The van der Waals surface area contributed by atoms with Crippen molar-refractivity contribution in [1.82, 2.24) is 15.0 Å². The highest BCUT2D eigenvalue weighted by atomic mass is 79.9. The second-order valence-electron chi connectivity index (χ2n) is 3.90. The maximum atomic E-state index is 4.16. The second kappa shape index (κ2) is 4.82. The zero-order chi connectivity index (χ0) is 12.5. The fourth-order valence-corrected chi connectivity index (χ4v) is 2.66. The van der Waals surface area contributed by atoms with Gasteiger partial charge in [0, 0.05) is 15.2 Å². The van der Waals surface area contributed by atoms with Crippen molar-refractivity contribution in [3.63, 3.8) is 0 Å². The van der Waals surface area contributed by atoms with Gasteiger partial charge in [-0.05, 0) is 17.5 Å². The number of rotatable bonds is 2. The quantitative estimate of drug-likeness (QED) is 0.640. The fraction of sp³-hybridized carbons (Fsp3) is 0.0769. The Labute approximate surface area is 121 Å². The Balaban J connectivity index is 2.26. The maximum absolute atomic E-state index is 4.16. The van der Waals surface area contributed by atoms with Gasteiger partial charge in [0.2, 0.25) is 0 Å². The smallest absolute Gasteiger partial charge is 0.0937 e. The molecule has 90 valence electrons. The van der Waals surface area contributed by atoms with Gasteiger partial charge in [-0.3, -0.25) is 0 Å². The maximum Gasteiger partial charge on any atom is 0.0937 e. The third kappa shape index (κ3) is 1.97. The molecule has 3 aromatic rings. The lowest BCUT2D eigenvalue weighted by Gasteiger charge is -2.07. The molecule has 0 amide bonds. The number of alkyl halides is 1. The first kappa shape index (κ1) is 11.9. The van der Waals surface area contributed by atoms with Crippen LogP contribution in [-0.2, 0) is 5.33 Å². The largest absolute Gasteiger partial charge is 0.220 e. The minimum absolute atomic E-state index is 0.710. The van der Waals surface area contributed by atoms with Crippen LogP contribution in [0.2, 0.25) is 0 Å². The summed E-state index contributed by atoms with van der Waals surface area (Å²) in [5, 5.41) is 11.3. The summed E-state index contributed by atoms with van der Waals surface area (Å²) < 4.78 is 2.90. The van der Waals surface area contributed by atoms with Crippen molar-refractivity contribution < 1.29 is 0 Å². The Morgan fingerprint density at radius 2 is 1.83 bits per heavy atom. The molecule has 0 fully saturated rings. The molecular formula is C13H9Br2N3. The van der Waals surface area contributed by atoms with E-state index in [1.165, 1.54) is 5.39 Å². The molecule has 0 spiro atoms. The van der Waals surface area contributed by atoms with Crippen LogP contribution in [0.15, 0.2) is 47.1 Å². The van der Waals surface area contributed by atoms with Gasteiger partial charge in [0.15, 0.2) is 0 Å². The number of fused-ring (bicyclic) bond motifs is 1. The third-order valence-corrected chi connectivity index (χ3v) is 4.04. The van der Waals surface area contributed by atoms with Gasteiger partial charge in [0.25, 0.3) is 0 Å². The van der Waals surface area contributed by atoms with E-state index >= 15 is 0 Å². The van der Waals surface area contributed by atoms with E-state index in [4.69, 9.17) is 0 Å². The van der Waals surface area contributed by atoms with Gasteiger partial charge in [-0.25, -0.2) is 4.68 Å². The van der Waals surface area contributed by atoms with Gasteiger partial charge >= 0.3 is 0 Å². The van der Waals surface area contributed by atoms with Crippen LogP contribution in [0.4, 0.5) is 0 Å². The Hall–Kier alpha value is -1.20. The Kier molecular flexibility index (Phi) is 3.18. The van der Waals surface area contributed by atoms with Crippen LogP contribution in [0.25, 0.3) is 16.5 Å². The average Bonchev–Trinajstić information content (AvgIpc) is 2.88. The molecule has 0 N–H and O–H groups in total. The molecule has 1 heterocycles. The van der Waals surface area contributed by atoms with Crippen LogP contribution in [0.5, 0.6) is 0 Å². The molecule has 0 aliphatic rings. The summed E-state index contributed by atoms with van der Waals surface area (Å²) in [4.78, 5) is 0. The fourth-order valence-electron chi connectivity index (χ4n) is 1.92. The van der Waals surface area contributed by atoms with Crippen LogP contribution in [-0.4, -0.2) is 15.0 Å². The van der Waals surface area contributed by atoms with Gasteiger partial charge in [-0.15, -0.1) is 5.10 Å². The van der Waals surface area contributed by atoms with Gasteiger partial charge in [0.05, 0.1) is 17.6 Å². The molecule has 1 aromatic heterocycles. The molecule has 0 bridgehead atoms. The summed E-state index contributed by atoms with van der Waals surface area (Å²) in [6.45, 7) is 0. The molecule has 0 aliphatic carbocycles. The lowest BCUT2D eigenvalue weighted by Crippen LogP contribution is -1.96. The second-order valence-corrected chi connectivity index (χ2v) is 5.32. The van der Waals surface area contributed by atoms with Crippen LogP contribution >= 0.6 is 31.9 Å². The van der Waals surface area contributed by atoms with Gasteiger partial charge < -0.3 is 0 Å². The molecule has 0 aliphatic heterocycles. The Morgan fingerprint density at radius 1 is 1.06 bits per heavy atom. The minimum atomic E-state index is 0.710. The molecule has 3 rings (SSSR count). The van der Waals surface area contributed by atoms with Crippen molar-refractivity contribution in [3.05, 3.63) is 52.8 Å². The Bertz CT molecular complexity index is 706. The predicted molar refractivity (Wildman–Crippen MR) is 79.2 cm³/mol. The lowest BCUT2D eigenvalue weighted by atomic mass is 10.1. The molecule has 0 radical (unpaired) electrons. The lowest BCUT2D eigenvalue weighted by molar-refractivity contribution is 0.805. The highest BCUT2D eigenvalue weighted by Crippen LogP contribution is 2.28. The number of nitrogens with zero attached hydrogens (tertiary/aromatic N) is 3. The summed E-state index contributed by atoms with van der Waals surface area (Å²) in [7, 11) is 0. The number of aromatic nitrogens is 3.